The topological polar surface area (TPSA) is 18.8 Å². The van der Waals surface area contributed by atoms with Crippen LogP contribution < -0.4 is 4.90 Å². The van der Waals surface area contributed by atoms with E-state index in [0.29, 0.717) is 29.1 Å². The number of aryl methyl sites for hydroxylation is 1. The fourth-order valence-electron chi connectivity index (χ4n) is 2.34. The molecule has 0 atom stereocenters. The van der Waals surface area contributed by atoms with E-state index in [1.165, 1.54) is 6.08 Å². The van der Waals surface area contributed by atoms with Gasteiger partial charge in [-0.05, 0) is 37.1 Å². The van der Waals surface area contributed by atoms with Crippen LogP contribution in [0.3, 0.4) is 0 Å². The lowest BCUT2D eigenvalue weighted by Crippen LogP contribution is -2.51. The van der Waals surface area contributed by atoms with Gasteiger partial charge in [0.2, 0.25) is 12.9 Å². The second-order valence-corrected chi connectivity index (χ2v) is 5.69. The third-order valence-corrected chi connectivity index (χ3v) is 4.08. The van der Waals surface area contributed by atoms with Gasteiger partial charge in [0, 0.05) is 24.2 Å². The molecule has 0 radical (unpaired) electrons. The molecule has 0 aliphatic carbocycles. The lowest BCUT2D eigenvalue weighted by molar-refractivity contribution is 0.295. The fraction of sp³-hybridized carbons (Fsp3) is 0.333. The number of hydrogen-bond acceptors (Lipinski definition) is 3. The van der Waals surface area contributed by atoms with Crippen LogP contribution in [-0.2, 0) is 0 Å². The fourth-order valence-corrected chi connectivity index (χ4v) is 2.74. The molecule has 0 amide bonds. The summed E-state index contributed by atoms with van der Waals surface area (Å²) in [5.74, 6) is 0.221. The van der Waals surface area contributed by atoms with Gasteiger partial charge >= 0.3 is 0 Å². The molecule has 0 unspecified atom stereocenters. The van der Waals surface area contributed by atoms with Crippen molar-refractivity contribution in [1.82, 2.24) is 4.90 Å². The first-order valence-corrected chi connectivity index (χ1v) is 7.69. The van der Waals surface area contributed by atoms with Crippen LogP contribution in [0.2, 0.25) is 5.02 Å². The molecule has 0 saturated carbocycles. The molecule has 8 heteroatoms. The van der Waals surface area contributed by atoms with Crippen LogP contribution in [0.5, 0.6) is 0 Å². The highest BCUT2D eigenvalue weighted by Gasteiger charge is 2.32. The molecule has 124 valence electrons. The van der Waals surface area contributed by atoms with Crippen LogP contribution in [-0.4, -0.2) is 35.9 Å². The van der Waals surface area contributed by atoms with Crippen molar-refractivity contribution in [2.24, 2.45) is 4.99 Å². The van der Waals surface area contributed by atoms with Crippen molar-refractivity contribution in [3.63, 3.8) is 0 Å². The number of hydrogen-bond donors (Lipinski definition) is 0. The monoisotopic (exact) mass is 361 g/mol. The minimum absolute atomic E-state index is 0.338. The maximum Gasteiger partial charge on any atom is 0.229 e. The van der Waals surface area contributed by atoms with Crippen LogP contribution in [0.4, 0.5) is 18.9 Å². The van der Waals surface area contributed by atoms with Gasteiger partial charge in [-0.3, -0.25) is 14.8 Å². The highest BCUT2D eigenvalue weighted by atomic mass is 35.5. The van der Waals surface area contributed by atoms with Gasteiger partial charge in [-0.1, -0.05) is 23.8 Å². The highest BCUT2D eigenvalue weighted by molar-refractivity contribution is 7.81. The van der Waals surface area contributed by atoms with Crippen LogP contribution in [0.15, 0.2) is 35.2 Å². The van der Waals surface area contributed by atoms with Crippen LogP contribution >= 0.6 is 23.8 Å². The van der Waals surface area contributed by atoms with E-state index in [2.05, 4.69) is 4.99 Å². The van der Waals surface area contributed by atoms with Gasteiger partial charge in [-0.2, -0.15) is 4.39 Å². The van der Waals surface area contributed by atoms with Crippen molar-refractivity contribution in [1.29, 1.82) is 0 Å². The SMILES string of the molecule is Cc1cc(N2C(=S)C=C(F)N3CCCN=C32)ccc1Cl.FCF. The Kier molecular flexibility index (Phi) is 6.01. The number of rotatable bonds is 1. The summed E-state index contributed by atoms with van der Waals surface area (Å²) in [4.78, 5) is 8.18. The summed E-state index contributed by atoms with van der Waals surface area (Å²) in [6.45, 7) is 1.48. The molecular weight excluding hydrogens is 347 g/mol. The lowest BCUT2D eigenvalue weighted by atomic mass is 10.2. The van der Waals surface area contributed by atoms with Gasteiger partial charge in [0.15, 0.2) is 5.95 Å². The first-order valence-electron chi connectivity index (χ1n) is 6.91. The molecule has 0 fully saturated rings. The zero-order chi connectivity index (χ0) is 17.0. The number of fused-ring (bicyclic) bond motifs is 1. The Balaban J connectivity index is 0.000000595. The summed E-state index contributed by atoms with van der Waals surface area (Å²) in [7, 11) is 0. The van der Waals surface area contributed by atoms with Crippen molar-refractivity contribution >= 4 is 40.5 Å². The normalized spacial score (nSPS) is 17.0. The summed E-state index contributed by atoms with van der Waals surface area (Å²) in [6, 6.07) is 5.62. The molecule has 0 aromatic heterocycles. The average Bonchev–Trinajstić information content (AvgIpc) is 2.51. The van der Waals surface area contributed by atoms with Crippen molar-refractivity contribution in [3.8, 4) is 0 Å². The highest BCUT2D eigenvalue weighted by Crippen LogP contribution is 2.29. The Morgan fingerprint density at radius 2 is 2.04 bits per heavy atom. The van der Waals surface area contributed by atoms with E-state index in [1.54, 1.807) is 9.80 Å². The molecule has 3 nitrogen and oxygen atoms in total. The molecule has 0 saturated heterocycles. The Morgan fingerprint density at radius 3 is 2.70 bits per heavy atom. The Morgan fingerprint density at radius 1 is 1.35 bits per heavy atom. The smallest absolute Gasteiger partial charge is 0.229 e. The number of halogens is 4. The van der Waals surface area contributed by atoms with E-state index < -0.39 is 6.93 Å². The van der Waals surface area contributed by atoms with Gasteiger partial charge < -0.3 is 0 Å². The first-order chi connectivity index (χ1) is 11.0. The summed E-state index contributed by atoms with van der Waals surface area (Å²) in [5, 5.41) is 0.695. The Labute approximate surface area is 143 Å². The van der Waals surface area contributed by atoms with Gasteiger partial charge in [0.1, 0.15) is 4.99 Å². The predicted molar refractivity (Wildman–Crippen MR) is 91.2 cm³/mol. The van der Waals surface area contributed by atoms with Gasteiger partial charge in [0.25, 0.3) is 0 Å². The molecule has 2 aliphatic heterocycles. The Hall–Kier alpha value is -1.60. The van der Waals surface area contributed by atoms with E-state index in [0.717, 1.165) is 17.7 Å². The standard InChI is InChI=1S/C14H13ClFN3S.CH2F2/c1-9-7-10(3-4-11(9)15)19-13(20)8-12(16)18-6-2-5-17-14(18)19;2-1-3/h3-4,7-8H,2,5-6H2,1H3;1H2. The van der Waals surface area contributed by atoms with Crippen LogP contribution in [0, 0.1) is 6.92 Å². The second-order valence-electron chi connectivity index (χ2n) is 4.86. The molecule has 2 heterocycles. The minimum Gasteiger partial charge on any atom is -0.288 e. The van der Waals surface area contributed by atoms with Crippen molar-refractivity contribution in [2.75, 3.05) is 24.9 Å². The quantitative estimate of drug-likeness (QED) is 0.540. The largest absolute Gasteiger partial charge is 0.288 e. The van der Waals surface area contributed by atoms with E-state index >= 15 is 0 Å². The van der Waals surface area contributed by atoms with Gasteiger partial charge in [-0.25, -0.2) is 8.78 Å². The zero-order valence-electron chi connectivity index (χ0n) is 12.4. The second kappa shape index (κ2) is 7.79. The van der Waals surface area contributed by atoms with E-state index in [1.807, 2.05) is 25.1 Å². The average molecular weight is 362 g/mol. The van der Waals surface area contributed by atoms with Crippen LogP contribution in [0.1, 0.15) is 12.0 Å². The lowest BCUT2D eigenvalue weighted by Gasteiger charge is -2.38. The summed E-state index contributed by atoms with van der Waals surface area (Å²) in [6.07, 6.45) is 2.20. The number of nitrogens with zero attached hydrogens (tertiary/aromatic N) is 3. The molecule has 0 spiro atoms. The van der Waals surface area contributed by atoms with Crippen molar-refractivity contribution in [2.45, 2.75) is 13.3 Å². The van der Waals surface area contributed by atoms with Crippen molar-refractivity contribution in [3.05, 3.63) is 40.8 Å². The minimum atomic E-state index is -1.75. The first kappa shape index (κ1) is 17.7. The van der Waals surface area contributed by atoms with E-state index in [9.17, 15) is 13.2 Å². The molecule has 1 aromatic rings. The maximum absolute atomic E-state index is 14.0. The molecule has 1 aromatic carbocycles. The number of alkyl halides is 2. The predicted octanol–water partition coefficient (Wildman–Crippen LogP) is 4.55. The van der Waals surface area contributed by atoms with Crippen LogP contribution in [0.25, 0.3) is 0 Å². The summed E-state index contributed by atoms with van der Waals surface area (Å²) >= 11 is 11.4. The molecule has 0 bridgehead atoms. The van der Waals surface area contributed by atoms with Crippen molar-refractivity contribution < 1.29 is 13.2 Å². The molecular formula is C15H15ClF3N3S. The molecule has 0 N–H and O–H groups in total. The molecule has 23 heavy (non-hydrogen) atoms. The zero-order valence-corrected chi connectivity index (χ0v) is 14.0. The van der Waals surface area contributed by atoms with E-state index in [4.69, 9.17) is 23.8 Å². The number of guanidine groups is 1. The number of anilines is 1. The summed E-state index contributed by atoms with van der Waals surface area (Å²) in [5.41, 5.74) is 1.80. The summed E-state index contributed by atoms with van der Waals surface area (Å²) < 4.78 is 33.2. The third-order valence-electron chi connectivity index (χ3n) is 3.36. The Bertz CT molecular complexity index is 663. The van der Waals surface area contributed by atoms with E-state index in [-0.39, 0.29) is 5.95 Å². The van der Waals surface area contributed by atoms with Gasteiger partial charge in [-0.15, -0.1) is 0 Å². The number of thiocarbonyl (C=S) groups is 1. The molecule has 2 aliphatic rings. The third kappa shape index (κ3) is 3.84. The number of benzene rings is 1. The van der Waals surface area contributed by atoms with Gasteiger partial charge in [0.05, 0.1) is 5.69 Å². The molecule has 3 rings (SSSR count). The maximum atomic E-state index is 14.0. The number of aliphatic imine (C=N–C) groups is 1.